The molecule has 2 aromatic rings. The Balaban J connectivity index is 1.88. The molecule has 3 rings (SSSR count). The van der Waals surface area contributed by atoms with Crippen LogP contribution in [0, 0.1) is 11.8 Å². The molecule has 0 aromatic heterocycles. The van der Waals surface area contributed by atoms with Gasteiger partial charge in [-0.3, -0.25) is 4.90 Å². The summed E-state index contributed by atoms with van der Waals surface area (Å²) in [7, 11) is 0. The van der Waals surface area contributed by atoms with E-state index in [1.165, 1.54) is 12.1 Å². The molecule has 1 heterocycles. The zero-order valence-corrected chi connectivity index (χ0v) is 14.2. The molecule has 136 valence electrons. The Morgan fingerprint density at radius 2 is 1.77 bits per heavy atom. The summed E-state index contributed by atoms with van der Waals surface area (Å²) >= 11 is 0. The number of aliphatic hydroxyl groups is 1. The van der Waals surface area contributed by atoms with Crippen LogP contribution in [0.1, 0.15) is 35.6 Å². The van der Waals surface area contributed by atoms with Crippen molar-refractivity contribution in [2.24, 2.45) is 0 Å². The molecule has 0 bridgehead atoms. The van der Waals surface area contributed by atoms with Gasteiger partial charge in [0.2, 0.25) is 0 Å². The third-order valence-corrected chi connectivity index (χ3v) is 4.65. The van der Waals surface area contributed by atoms with Crippen LogP contribution in [0.2, 0.25) is 0 Å². The quantitative estimate of drug-likeness (QED) is 0.828. The van der Waals surface area contributed by atoms with Crippen LogP contribution in [0.25, 0.3) is 0 Å². The van der Waals surface area contributed by atoms with Crippen molar-refractivity contribution in [3.63, 3.8) is 0 Å². The largest absolute Gasteiger partial charge is 0.416 e. The Morgan fingerprint density at radius 3 is 2.38 bits per heavy atom. The summed E-state index contributed by atoms with van der Waals surface area (Å²) in [4.78, 5) is 2.17. The fourth-order valence-electron chi connectivity index (χ4n) is 3.28. The molecular weight excluding hydrogens is 339 g/mol. The van der Waals surface area contributed by atoms with Crippen LogP contribution in [-0.2, 0) is 6.18 Å². The van der Waals surface area contributed by atoms with Gasteiger partial charge in [-0.15, -0.1) is 0 Å². The van der Waals surface area contributed by atoms with Gasteiger partial charge in [-0.05, 0) is 42.7 Å². The summed E-state index contributed by atoms with van der Waals surface area (Å²) in [6.07, 6.45) is -2.43. The first-order valence-corrected chi connectivity index (χ1v) is 8.59. The van der Waals surface area contributed by atoms with Crippen molar-refractivity contribution in [1.82, 2.24) is 4.90 Å². The summed E-state index contributed by atoms with van der Waals surface area (Å²) in [5.74, 6) is 6.20. The van der Waals surface area contributed by atoms with Crippen LogP contribution in [0.15, 0.2) is 54.6 Å². The van der Waals surface area contributed by atoms with Crippen LogP contribution in [0.3, 0.4) is 0 Å². The second-order valence-corrected chi connectivity index (χ2v) is 6.37. The van der Waals surface area contributed by atoms with Crippen molar-refractivity contribution in [1.29, 1.82) is 0 Å². The molecule has 1 N–H and O–H groups in total. The molecule has 5 heteroatoms. The average Bonchev–Trinajstić information content (AvgIpc) is 3.11. The van der Waals surface area contributed by atoms with Crippen molar-refractivity contribution in [3.05, 3.63) is 71.3 Å². The molecule has 0 saturated carbocycles. The summed E-state index contributed by atoms with van der Waals surface area (Å²) in [6, 6.07) is 14.5. The first kappa shape index (κ1) is 18.5. The smallest absolute Gasteiger partial charge is 0.395 e. The van der Waals surface area contributed by atoms with E-state index in [-0.39, 0.29) is 18.7 Å². The Kier molecular flexibility index (Phi) is 5.65. The van der Waals surface area contributed by atoms with E-state index in [0.29, 0.717) is 5.56 Å². The van der Waals surface area contributed by atoms with Crippen molar-refractivity contribution in [2.75, 3.05) is 13.2 Å². The van der Waals surface area contributed by atoms with Crippen LogP contribution in [-0.4, -0.2) is 29.2 Å². The normalized spacial score (nSPS) is 19.0. The number of nitrogens with zero attached hydrogens (tertiary/aromatic N) is 1. The van der Waals surface area contributed by atoms with Gasteiger partial charge >= 0.3 is 6.18 Å². The van der Waals surface area contributed by atoms with Gasteiger partial charge in [0.15, 0.2) is 0 Å². The van der Waals surface area contributed by atoms with E-state index in [0.717, 1.165) is 37.1 Å². The molecule has 26 heavy (non-hydrogen) atoms. The maximum absolute atomic E-state index is 12.7. The van der Waals surface area contributed by atoms with Crippen molar-refractivity contribution in [3.8, 4) is 11.8 Å². The highest BCUT2D eigenvalue weighted by Gasteiger charge is 2.31. The Hall–Kier alpha value is -2.29. The van der Waals surface area contributed by atoms with Gasteiger partial charge in [-0.2, -0.15) is 13.2 Å². The number of rotatable bonds is 3. The maximum Gasteiger partial charge on any atom is 0.416 e. The molecule has 0 spiro atoms. The topological polar surface area (TPSA) is 23.5 Å². The van der Waals surface area contributed by atoms with E-state index in [1.54, 1.807) is 0 Å². The number of hydrogen-bond acceptors (Lipinski definition) is 2. The summed E-state index contributed by atoms with van der Waals surface area (Å²) in [5, 5.41) is 9.63. The molecule has 1 fully saturated rings. The Bertz CT molecular complexity index is 775. The Labute approximate surface area is 151 Å². The predicted molar refractivity (Wildman–Crippen MR) is 94.3 cm³/mol. The molecule has 0 amide bonds. The highest BCUT2D eigenvalue weighted by Crippen LogP contribution is 2.30. The predicted octanol–water partition coefficient (Wildman–Crippen LogP) is 4.25. The molecule has 2 nitrogen and oxygen atoms in total. The number of alkyl halides is 3. The van der Waals surface area contributed by atoms with Gasteiger partial charge in [0, 0.05) is 18.2 Å². The number of likely N-dealkylation sites (tertiary alicyclic amines) is 1. The lowest BCUT2D eigenvalue weighted by atomic mass is 10.0. The summed E-state index contributed by atoms with van der Waals surface area (Å²) in [6.45, 7) is 0.914. The monoisotopic (exact) mass is 359 g/mol. The summed E-state index contributed by atoms with van der Waals surface area (Å²) < 4.78 is 38.0. The minimum atomic E-state index is -4.34. The van der Waals surface area contributed by atoms with E-state index in [2.05, 4.69) is 16.7 Å². The number of aliphatic hydroxyl groups excluding tert-OH is 1. The number of hydrogen-bond donors (Lipinski definition) is 1. The van der Waals surface area contributed by atoms with Crippen LogP contribution >= 0.6 is 0 Å². The fraction of sp³-hybridized carbons (Fsp3) is 0.333. The average molecular weight is 359 g/mol. The Morgan fingerprint density at radius 1 is 1.08 bits per heavy atom. The number of halogens is 3. The lowest BCUT2D eigenvalue weighted by molar-refractivity contribution is -0.137. The van der Waals surface area contributed by atoms with E-state index in [4.69, 9.17) is 0 Å². The van der Waals surface area contributed by atoms with Crippen LogP contribution in [0.4, 0.5) is 13.2 Å². The third-order valence-electron chi connectivity index (χ3n) is 4.65. The van der Waals surface area contributed by atoms with Gasteiger partial charge in [0.25, 0.3) is 0 Å². The van der Waals surface area contributed by atoms with Crippen molar-refractivity contribution >= 4 is 0 Å². The first-order chi connectivity index (χ1) is 12.5. The minimum Gasteiger partial charge on any atom is -0.395 e. The van der Waals surface area contributed by atoms with Gasteiger partial charge in [0.1, 0.15) is 0 Å². The molecule has 2 aromatic carbocycles. The standard InChI is InChI=1S/C21H20F3NO/c22-21(23,24)18-11-8-16(9-12-18)10-13-20(17-5-2-1-3-6-17)25-14-4-7-19(25)15-26/h1-3,5-6,8-9,11-12,19-20,26H,4,7,14-15H2/t19-,20+/m0/s1. The third kappa shape index (κ3) is 4.27. The first-order valence-electron chi connectivity index (χ1n) is 8.59. The molecule has 1 saturated heterocycles. The minimum absolute atomic E-state index is 0.0575. The lowest BCUT2D eigenvalue weighted by Gasteiger charge is -2.29. The molecule has 2 atom stereocenters. The van der Waals surface area contributed by atoms with Crippen molar-refractivity contribution in [2.45, 2.75) is 31.1 Å². The zero-order valence-electron chi connectivity index (χ0n) is 14.2. The highest BCUT2D eigenvalue weighted by molar-refractivity contribution is 5.39. The van der Waals surface area contributed by atoms with E-state index >= 15 is 0 Å². The lowest BCUT2D eigenvalue weighted by Crippen LogP contribution is -2.35. The second kappa shape index (κ2) is 7.94. The van der Waals surface area contributed by atoms with Gasteiger partial charge in [0.05, 0.1) is 18.2 Å². The molecule has 0 radical (unpaired) electrons. The van der Waals surface area contributed by atoms with E-state index in [9.17, 15) is 18.3 Å². The van der Waals surface area contributed by atoms with Gasteiger partial charge in [-0.25, -0.2) is 0 Å². The second-order valence-electron chi connectivity index (χ2n) is 6.37. The molecule has 1 aliphatic heterocycles. The van der Waals surface area contributed by atoms with Crippen LogP contribution < -0.4 is 0 Å². The molecular formula is C21H20F3NO. The highest BCUT2D eigenvalue weighted by atomic mass is 19.4. The maximum atomic E-state index is 12.7. The SMILES string of the molecule is OC[C@@H]1CCCN1[C@H](C#Cc1ccc(C(F)(F)F)cc1)c1ccccc1. The number of benzene rings is 2. The molecule has 0 unspecified atom stereocenters. The van der Waals surface area contributed by atoms with E-state index in [1.807, 2.05) is 30.3 Å². The summed E-state index contributed by atoms with van der Waals surface area (Å²) in [5.41, 5.74) is 0.883. The van der Waals surface area contributed by atoms with Gasteiger partial charge < -0.3 is 5.11 Å². The van der Waals surface area contributed by atoms with E-state index < -0.39 is 11.7 Å². The zero-order chi connectivity index (χ0) is 18.6. The molecule has 1 aliphatic rings. The van der Waals surface area contributed by atoms with Crippen LogP contribution in [0.5, 0.6) is 0 Å². The van der Waals surface area contributed by atoms with Gasteiger partial charge in [-0.1, -0.05) is 42.2 Å². The van der Waals surface area contributed by atoms with Crippen molar-refractivity contribution < 1.29 is 18.3 Å². The fourth-order valence-corrected chi connectivity index (χ4v) is 3.28. The molecule has 0 aliphatic carbocycles.